The highest BCUT2D eigenvalue weighted by atomic mass is 32.2. The van der Waals surface area contributed by atoms with E-state index in [0.29, 0.717) is 11.4 Å². The van der Waals surface area contributed by atoms with Crippen molar-refractivity contribution in [3.05, 3.63) is 53.6 Å². The van der Waals surface area contributed by atoms with Gasteiger partial charge in [0, 0.05) is 18.8 Å². The Balaban J connectivity index is 1.78. The summed E-state index contributed by atoms with van der Waals surface area (Å²) in [5.74, 6) is 0. The van der Waals surface area contributed by atoms with Crippen molar-refractivity contribution in [3.63, 3.8) is 0 Å². The van der Waals surface area contributed by atoms with Gasteiger partial charge in [-0.25, -0.2) is 8.42 Å². The molecule has 1 N–H and O–H groups in total. The zero-order valence-electron chi connectivity index (χ0n) is 11.5. The average Bonchev–Trinajstić information content (AvgIpc) is 3.13. The summed E-state index contributed by atoms with van der Waals surface area (Å²) < 4.78 is 27.3. The third kappa shape index (κ3) is 1.92. The van der Waals surface area contributed by atoms with Gasteiger partial charge in [0.25, 0.3) is 10.0 Å². The smallest absolute Gasteiger partial charge is 0.264 e. The van der Waals surface area contributed by atoms with Crippen LogP contribution in [0.25, 0.3) is 0 Å². The summed E-state index contributed by atoms with van der Waals surface area (Å²) >= 11 is 0. The topological polar surface area (TPSA) is 49.4 Å². The Kier molecular flexibility index (Phi) is 2.72. The molecular weight excluding hydrogens is 284 g/mol. The van der Waals surface area contributed by atoms with Gasteiger partial charge in [0.15, 0.2) is 0 Å². The van der Waals surface area contributed by atoms with E-state index in [-0.39, 0.29) is 0 Å². The Labute approximate surface area is 124 Å². The lowest BCUT2D eigenvalue weighted by molar-refractivity contribution is 0.592. The molecule has 0 radical (unpaired) electrons. The highest BCUT2D eigenvalue weighted by Gasteiger charge is 2.31. The molecule has 0 aromatic heterocycles. The minimum atomic E-state index is -3.48. The molecule has 2 aliphatic rings. The predicted molar refractivity (Wildman–Crippen MR) is 83.3 cm³/mol. The van der Waals surface area contributed by atoms with Crippen LogP contribution >= 0.6 is 0 Å². The molecule has 0 spiro atoms. The largest absolute Gasteiger partial charge is 0.384 e. The fourth-order valence-corrected chi connectivity index (χ4v) is 4.65. The fraction of sp³-hybridized carbons (Fsp3) is 0.250. The summed E-state index contributed by atoms with van der Waals surface area (Å²) in [7, 11) is -3.48. The number of fused-ring (bicyclic) bond motifs is 2. The molecule has 0 bridgehead atoms. The van der Waals surface area contributed by atoms with E-state index in [9.17, 15) is 8.42 Å². The van der Waals surface area contributed by atoms with Gasteiger partial charge in [-0.3, -0.25) is 4.31 Å². The minimum Gasteiger partial charge on any atom is -0.384 e. The number of sulfonamides is 1. The van der Waals surface area contributed by atoms with Crippen LogP contribution in [0.15, 0.2) is 47.4 Å². The number of nitrogens with one attached hydrogen (secondary N) is 1. The summed E-state index contributed by atoms with van der Waals surface area (Å²) in [6, 6.07) is 13.1. The molecular formula is C16H16N2O2S. The van der Waals surface area contributed by atoms with Gasteiger partial charge in [-0.2, -0.15) is 0 Å². The summed E-state index contributed by atoms with van der Waals surface area (Å²) in [4.78, 5) is 0.368. The number of benzene rings is 2. The Morgan fingerprint density at radius 1 is 1.00 bits per heavy atom. The van der Waals surface area contributed by atoms with Gasteiger partial charge < -0.3 is 5.32 Å². The molecule has 0 amide bonds. The number of hydrogen-bond acceptors (Lipinski definition) is 3. The molecule has 0 atom stereocenters. The van der Waals surface area contributed by atoms with Crippen LogP contribution < -0.4 is 9.62 Å². The van der Waals surface area contributed by atoms with Crippen LogP contribution in [0, 0.1) is 0 Å². The van der Waals surface area contributed by atoms with Crippen LogP contribution in [0.4, 0.5) is 11.4 Å². The van der Waals surface area contributed by atoms with E-state index in [2.05, 4.69) is 5.32 Å². The highest BCUT2D eigenvalue weighted by molar-refractivity contribution is 7.92. The SMILES string of the molecule is O=S(=O)(c1ccc2c(c1)NCC2)N1CCc2ccccc21. The maximum absolute atomic E-state index is 12.9. The Morgan fingerprint density at radius 3 is 2.76 bits per heavy atom. The third-order valence-corrected chi connectivity index (χ3v) is 6.03. The van der Waals surface area contributed by atoms with Crippen molar-refractivity contribution in [1.82, 2.24) is 0 Å². The molecule has 5 heteroatoms. The maximum Gasteiger partial charge on any atom is 0.264 e. The van der Waals surface area contributed by atoms with Gasteiger partial charge >= 0.3 is 0 Å². The molecule has 108 valence electrons. The first-order valence-corrected chi connectivity index (χ1v) is 8.58. The summed E-state index contributed by atoms with van der Waals surface area (Å²) in [5.41, 5.74) is 4.05. The van der Waals surface area contributed by atoms with E-state index in [1.54, 1.807) is 12.1 Å². The number of para-hydroxylation sites is 1. The normalized spacial score (nSPS) is 16.5. The van der Waals surface area contributed by atoms with Crippen molar-refractivity contribution < 1.29 is 8.42 Å². The van der Waals surface area contributed by atoms with Crippen molar-refractivity contribution in [2.45, 2.75) is 17.7 Å². The molecule has 0 unspecified atom stereocenters. The Bertz CT molecular complexity index is 815. The minimum absolute atomic E-state index is 0.368. The van der Waals surface area contributed by atoms with E-state index < -0.39 is 10.0 Å². The van der Waals surface area contributed by atoms with Crippen LogP contribution in [0.3, 0.4) is 0 Å². The Hall–Kier alpha value is -2.01. The Morgan fingerprint density at radius 2 is 1.86 bits per heavy atom. The number of hydrogen-bond donors (Lipinski definition) is 1. The van der Waals surface area contributed by atoms with Gasteiger partial charge in [0.1, 0.15) is 0 Å². The second kappa shape index (κ2) is 4.49. The third-order valence-electron chi connectivity index (χ3n) is 4.22. The summed E-state index contributed by atoms with van der Waals surface area (Å²) in [5, 5.41) is 3.24. The highest BCUT2D eigenvalue weighted by Crippen LogP contribution is 2.34. The first kappa shape index (κ1) is 12.7. The fourth-order valence-electron chi connectivity index (χ4n) is 3.12. The van der Waals surface area contributed by atoms with Gasteiger partial charge in [-0.05, 0) is 42.2 Å². The number of nitrogens with zero attached hydrogens (tertiary/aromatic N) is 1. The van der Waals surface area contributed by atoms with Crippen LogP contribution in [0.1, 0.15) is 11.1 Å². The van der Waals surface area contributed by atoms with Crippen LogP contribution in [-0.2, 0) is 22.9 Å². The van der Waals surface area contributed by atoms with Gasteiger partial charge in [-0.15, -0.1) is 0 Å². The molecule has 4 nitrogen and oxygen atoms in total. The molecule has 2 aromatic carbocycles. The van der Waals surface area contributed by atoms with E-state index >= 15 is 0 Å². The van der Waals surface area contributed by atoms with E-state index in [1.165, 1.54) is 9.87 Å². The molecule has 0 aliphatic carbocycles. The maximum atomic E-state index is 12.9. The van der Waals surface area contributed by atoms with Crippen LogP contribution in [0.2, 0.25) is 0 Å². The second-order valence-electron chi connectivity index (χ2n) is 5.45. The molecule has 2 aliphatic heterocycles. The first-order valence-electron chi connectivity index (χ1n) is 7.14. The lowest BCUT2D eigenvalue weighted by Gasteiger charge is -2.20. The van der Waals surface area contributed by atoms with Crippen LogP contribution in [0.5, 0.6) is 0 Å². The van der Waals surface area contributed by atoms with Gasteiger partial charge in [-0.1, -0.05) is 24.3 Å². The van der Waals surface area contributed by atoms with Crippen molar-refractivity contribution >= 4 is 21.4 Å². The van der Waals surface area contributed by atoms with E-state index in [4.69, 9.17) is 0 Å². The van der Waals surface area contributed by atoms with Crippen molar-refractivity contribution in [2.24, 2.45) is 0 Å². The van der Waals surface area contributed by atoms with Crippen molar-refractivity contribution in [2.75, 3.05) is 22.7 Å². The lowest BCUT2D eigenvalue weighted by atomic mass is 10.2. The standard InChI is InChI=1S/C16H16N2O2S/c19-21(20,14-6-5-12-7-9-17-15(12)11-14)18-10-8-13-3-1-2-4-16(13)18/h1-6,11,17H,7-10H2. The number of anilines is 2. The zero-order chi connectivity index (χ0) is 14.4. The monoisotopic (exact) mass is 300 g/mol. The second-order valence-corrected chi connectivity index (χ2v) is 7.31. The lowest BCUT2D eigenvalue weighted by Crippen LogP contribution is -2.29. The average molecular weight is 300 g/mol. The van der Waals surface area contributed by atoms with Crippen LogP contribution in [-0.4, -0.2) is 21.5 Å². The molecule has 2 aromatic rings. The first-order chi connectivity index (χ1) is 10.2. The van der Waals surface area contributed by atoms with Crippen molar-refractivity contribution in [3.8, 4) is 0 Å². The number of rotatable bonds is 2. The van der Waals surface area contributed by atoms with E-state index in [0.717, 1.165) is 36.3 Å². The summed E-state index contributed by atoms with van der Waals surface area (Å²) in [6.07, 6.45) is 1.74. The summed E-state index contributed by atoms with van der Waals surface area (Å²) in [6.45, 7) is 1.40. The molecule has 4 rings (SSSR count). The molecule has 21 heavy (non-hydrogen) atoms. The molecule has 0 saturated carbocycles. The van der Waals surface area contributed by atoms with Gasteiger partial charge in [0.05, 0.1) is 10.6 Å². The predicted octanol–water partition coefficient (Wildman–Crippen LogP) is 2.41. The molecule has 2 heterocycles. The molecule has 0 saturated heterocycles. The van der Waals surface area contributed by atoms with Crippen molar-refractivity contribution in [1.29, 1.82) is 0 Å². The van der Waals surface area contributed by atoms with E-state index in [1.807, 2.05) is 30.3 Å². The zero-order valence-corrected chi connectivity index (χ0v) is 12.4. The van der Waals surface area contributed by atoms with Gasteiger partial charge in [0.2, 0.25) is 0 Å². The molecule has 0 fully saturated rings. The quantitative estimate of drug-likeness (QED) is 0.926.